The van der Waals surface area contributed by atoms with Crippen LogP contribution in [0.2, 0.25) is 0 Å². The number of amides is 1. The van der Waals surface area contributed by atoms with Gasteiger partial charge in [0.2, 0.25) is 5.91 Å². The van der Waals surface area contributed by atoms with Gasteiger partial charge in [0.25, 0.3) is 0 Å². The van der Waals surface area contributed by atoms with Gasteiger partial charge in [0, 0.05) is 6.42 Å². The van der Waals surface area contributed by atoms with Crippen molar-refractivity contribution in [3.05, 3.63) is 0 Å². The van der Waals surface area contributed by atoms with Crippen LogP contribution in [-0.2, 0) is 9.59 Å². The van der Waals surface area contributed by atoms with Gasteiger partial charge in [0.15, 0.2) is 0 Å². The number of carbonyl (C=O) groups is 2. The third-order valence-corrected chi connectivity index (χ3v) is 4.05. The fourth-order valence-corrected chi connectivity index (χ4v) is 2.93. The Bertz CT molecular complexity index is 307. The van der Waals surface area contributed by atoms with E-state index in [1.54, 1.807) is 0 Å². The monoisotopic (exact) mass is 271 g/mol. The standard InChI is InChI=1S/C14H25NO4/c1-2-11(10-16)15-12(17)8-14(9-13(18)19)6-4-3-5-7-14/h11,16H,2-10H2,1H3,(H,15,17)(H,18,19)/t11-/m1/s1. The Balaban J connectivity index is 2.61. The van der Waals surface area contributed by atoms with E-state index < -0.39 is 5.97 Å². The fraction of sp³-hybridized carbons (Fsp3) is 0.857. The molecule has 1 saturated carbocycles. The molecule has 1 aliphatic carbocycles. The predicted molar refractivity (Wildman–Crippen MR) is 71.7 cm³/mol. The summed E-state index contributed by atoms with van der Waals surface area (Å²) in [6.45, 7) is 1.82. The number of carbonyl (C=O) groups excluding carboxylic acids is 1. The van der Waals surface area contributed by atoms with Crippen LogP contribution >= 0.6 is 0 Å². The molecule has 1 amide bonds. The van der Waals surface area contributed by atoms with Crippen molar-refractivity contribution in [1.29, 1.82) is 0 Å². The average Bonchev–Trinajstić information content (AvgIpc) is 2.35. The molecule has 0 aromatic rings. The first-order chi connectivity index (χ1) is 9.01. The average molecular weight is 271 g/mol. The van der Waals surface area contributed by atoms with Gasteiger partial charge in [-0.3, -0.25) is 9.59 Å². The van der Waals surface area contributed by atoms with Gasteiger partial charge in [-0.05, 0) is 24.7 Å². The van der Waals surface area contributed by atoms with E-state index in [2.05, 4.69) is 5.32 Å². The molecule has 0 aliphatic heterocycles. The molecule has 3 N–H and O–H groups in total. The summed E-state index contributed by atoms with van der Waals surface area (Å²) in [7, 11) is 0. The summed E-state index contributed by atoms with van der Waals surface area (Å²) in [4.78, 5) is 23.0. The van der Waals surface area contributed by atoms with E-state index in [1.807, 2.05) is 6.92 Å². The molecule has 1 aliphatic rings. The third-order valence-electron chi connectivity index (χ3n) is 4.05. The highest BCUT2D eigenvalue weighted by Gasteiger charge is 2.36. The number of rotatable bonds is 7. The molecule has 0 aromatic heterocycles. The van der Waals surface area contributed by atoms with Gasteiger partial charge in [0.05, 0.1) is 19.1 Å². The second-order valence-corrected chi connectivity index (χ2v) is 5.66. The highest BCUT2D eigenvalue weighted by molar-refractivity contribution is 5.78. The second-order valence-electron chi connectivity index (χ2n) is 5.66. The summed E-state index contributed by atoms with van der Waals surface area (Å²) in [5.74, 6) is -0.965. The molecule has 1 fully saturated rings. The van der Waals surface area contributed by atoms with E-state index in [1.165, 1.54) is 0 Å². The summed E-state index contributed by atoms with van der Waals surface area (Å²) in [5.41, 5.74) is -0.387. The minimum Gasteiger partial charge on any atom is -0.481 e. The molecule has 5 nitrogen and oxygen atoms in total. The summed E-state index contributed by atoms with van der Waals surface area (Å²) < 4.78 is 0. The molecule has 0 heterocycles. The maximum atomic E-state index is 12.0. The van der Waals surface area contributed by atoms with Gasteiger partial charge in [0.1, 0.15) is 0 Å². The molecular weight excluding hydrogens is 246 g/mol. The lowest BCUT2D eigenvalue weighted by molar-refractivity contribution is -0.141. The van der Waals surface area contributed by atoms with Crippen LogP contribution < -0.4 is 5.32 Å². The van der Waals surface area contributed by atoms with Crippen molar-refractivity contribution >= 4 is 11.9 Å². The van der Waals surface area contributed by atoms with Gasteiger partial charge in [-0.1, -0.05) is 26.2 Å². The smallest absolute Gasteiger partial charge is 0.303 e. The van der Waals surface area contributed by atoms with E-state index in [4.69, 9.17) is 10.2 Å². The Morgan fingerprint density at radius 2 is 1.84 bits per heavy atom. The number of hydrogen-bond acceptors (Lipinski definition) is 3. The Hall–Kier alpha value is -1.10. The van der Waals surface area contributed by atoms with E-state index in [0.717, 1.165) is 32.1 Å². The number of nitrogens with one attached hydrogen (secondary N) is 1. The van der Waals surface area contributed by atoms with Crippen molar-refractivity contribution in [1.82, 2.24) is 5.32 Å². The molecule has 19 heavy (non-hydrogen) atoms. The molecule has 0 spiro atoms. The zero-order valence-electron chi connectivity index (χ0n) is 11.7. The predicted octanol–water partition coefficient (Wildman–Crippen LogP) is 1.69. The Morgan fingerprint density at radius 3 is 2.32 bits per heavy atom. The quantitative estimate of drug-likeness (QED) is 0.657. The highest BCUT2D eigenvalue weighted by atomic mass is 16.4. The van der Waals surface area contributed by atoms with Crippen molar-refractivity contribution in [3.8, 4) is 0 Å². The van der Waals surface area contributed by atoms with Gasteiger partial charge in [-0.25, -0.2) is 0 Å². The van der Waals surface area contributed by atoms with Crippen molar-refractivity contribution in [3.63, 3.8) is 0 Å². The van der Waals surface area contributed by atoms with Crippen molar-refractivity contribution < 1.29 is 19.8 Å². The Morgan fingerprint density at radius 1 is 1.21 bits per heavy atom. The maximum absolute atomic E-state index is 12.0. The first-order valence-corrected chi connectivity index (χ1v) is 7.13. The fourth-order valence-electron chi connectivity index (χ4n) is 2.93. The molecule has 1 rings (SSSR count). The lowest BCUT2D eigenvalue weighted by Gasteiger charge is -2.35. The Kier molecular flexibility index (Phi) is 6.28. The number of carboxylic acid groups (broad SMARTS) is 1. The summed E-state index contributed by atoms with van der Waals surface area (Å²) in [5, 5.41) is 20.9. The lowest BCUT2D eigenvalue weighted by atomic mass is 9.69. The zero-order valence-corrected chi connectivity index (χ0v) is 11.7. The first kappa shape index (κ1) is 16.0. The van der Waals surface area contributed by atoms with E-state index >= 15 is 0 Å². The topological polar surface area (TPSA) is 86.6 Å². The summed E-state index contributed by atoms with van der Waals surface area (Å²) in [6, 6.07) is -0.224. The van der Waals surface area contributed by atoms with E-state index in [9.17, 15) is 9.59 Å². The van der Waals surface area contributed by atoms with Gasteiger partial charge < -0.3 is 15.5 Å². The van der Waals surface area contributed by atoms with Crippen molar-refractivity contribution in [2.75, 3.05) is 6.61 Å². The molecule has 0 aromatic carbocycles. The zero-order chi connectivity index (χ0) is 14.3. The third kappa shape index (κ3) is 5.19. The molecule has 0 bridgehead atoms. The second kappa shape index (κ2) is 7.48. The van der Waals surface area contributed by atoms with Crippen LogP contribution in [0.4, 0.5) is 0 Å². The summed E-state index contributed by atoms with van der Waals surface area (Å²) >= 11 is 0. The normalized spacial score (nSPS) is 19.7. The van der Waals surface area contributed by atoms with Crippen LogP contribution in [0, 0.1) is 5.41 Å². The molecule has 0 radical (unpaired) electrons. The van der Waals surface area contributed by atoms with Crippen LogP contribution in [0.15, 0.2) is 0 Å². The number of hydrogen-bond donors (Lipinski definition) is 3. The molecule has 1 atom stereocenters. The minimum absolute atomic E-state index is 0.0658. The lowest BCUT2D eigenvalue weighted by Crippen LogP contribution is -2.41. The van der Waals surface area contributed by atoms with Gasteiger partial charge in [-0.2, -0.15) is 0 Å². The minimum atomic E-state index is -0.830. The van der Waals surface area contributed by atoms with Crippen LogP contribution in [0.3, 0.4) is 0 Å². The molecule has 110 valence electrons. The first-order valence-electron chi connectivity index (χ1n) is 7.13. The van der Waals surface area contributed by atoms with Crippen molar-refractivity contribution in [2.24, 2.45) is 5.41 Å². The van der Waals surface area contributed by atoms with Crippen LogP contribution in [-0.4, -0.2) is 34.7 Å². The number of aliphatic hydroxyl groups excluding tert-OH is 1. The van der Waals surface area contributed by atoms with Gasteiger partial charge >= 0.3 is 5.97 Å². The molecule has 0 unspecified atom stereocenters. The number of carboxylic acids is 1. The highest BCUT2D eigenvalue weighted by Crippen LogP contribution is 2.42. The van der Waals surface area contributed by atoms with Crippen LogP contribution in [0.1, 0.15) is 58.3 Å². The van der Waals surface area contributed by atoms with Crippen LogP contribution in [0.25, 0.3) is 0 Å². The molecular formula is C14H25NO4. The van der Waals surface area contributed by atoms with E-state index in [0.29, 0.717) is 6.42 Å². The Labute approximate surface area is 114 Å². The molecule has 0 saturated heterocycles. The molecule has 5 heteroatoms. The number of aliphatic carboxylic acids is 1. The largest absolute Gasteiger partial charge is 0.481 e. The summed E-state index contributed by atoms with van der Waals surface area (Å²) in [6.07, 6.45) is 5.73. The van der Waals surface area contributed by atoms with E-state index in [-0.39, 0.29) is 36.8 Å². The number of aliphatic hydroxyl groups is 1. The van der Waals surface area contributed by atoms with Crippen LogP contribution in [0.5, 0.6) is 0 Å². The maximum Gasteiger partial charge on any atom is 0.303 e. The SMILES string of the molecule is CC[C@H](CO)NC(=O)CC1(CC(=O)O)CCCCC1. The van der Waals surface area contributed by atoms with Gasteiger partial charge in [-0.15, -0.1) is 0 Å². The van der Waals surface area contributed by atoms with Crippen molar-refractivity contribution in [2.45, 2.75) is 64.3 Å².